The molecule has 0 bridgehead atoms. The SMILES string of the molecule is COc1ccc(S(=O)(=O)NC[C@H](c2cccnc2)N2CCN(c3ccc(F)cc3)CC2)cc1. The van der Waals surface area contributed by atoms with Crippen LogP contribution >= 0.6 is 0 Å². The third-order valence-corrected chi connectivity index (χ3v) is 7.29. The number of hydrogen-bond acceptors (Lipinski definition) is 6. The second kappa shape index (κ2) is 10.3. The van der Waals surface area contributed by atoms with Gasteiger partial charge in [0.1, 0.15) is 11.6 Å². The quantitative estimate of drug-likeness (QED) is 0.546. The van der Waals surface area contributed by atoms with E-state index in [0.717, 1.165) is 37.4 Å². The number of nitrogens with one attached hydrogen (secondary N) is 1. The van der Waals surface area contributed by atoms with Crippen molar-refractivity contribution >= 4 is 15.7 Å². The van der Waals surface area contributed by atoms with Crippen molar-refractivity contribution in [3.05, 3.63) is 84.4 Å². The van der Waals surface area contributed by atoms with E-state index in [1.807, 2.05) is 12.1 Å². The maximum Gasteiger partial charge on any atom is 0.240 e. The molecule has 1 aromatic heterocycles. The summed E-state index contributed by atoms with van der Waals surface area (Å²) in [6.07, 6.45) is 3.48. The number of methoxy groups -OCH3 is 1. The molecule has 0 radical (unpaired) electrons. The minimum atomic E-state index is -3.68. The topological polar surface area (TPSA) is 74.8 Å². The van der Waals surface area contributed by atoms with Gasteiger partial charge in [-0.25, -0.2) is 17.5 Å². The minimum absolute atomic E-state index is 0.165. The Labute approximate surface area is 193 Å². The standard InChI is InChI=1S/C24H27FN4O3S/c1-32-22-8-10-23(11-9-22)33(30,31)27-18-24(19-3-2-12-26-17-19)29-15-13-28(14-16-29)21-6-4-20(25)5-7-21/h2-12,17,24,27H,13-16,18H2,1H3/t24-/m1/s1. The molecule has 0 saturated carbocycles. The molecule has 9 heteroatoms. The van der Waals surface area contributed by atoms with E-state index in [4.69, 9.17) is 4.74 Å². The Balaban J connectivity index is 1.46. The molecule has 4 rings (SSSR count). The number of halogens is 1. The molecule has 33 heavy (non-hydrogen) atoms. The average Bonchev–Trinajstić information content (AvgIpc) is 2.86. The molecule has 174 valence electrons. The minimum Gasteiger partial charge on any atom is -0.497 e. The molecule has 3 aromatic rings. The van der Waals surface area contributed by atoms with Gasteiger partial charge in [0, 0.05) is 50.8 Å². The Morgan fingerprint density at radius 2 is 1.73 bits per heavy atom. The number of aromatic nitrogens is 1. The zero-order chi connectivity index (χ0) is 23.3. The number of pyridine rings is 1. The first kappa shape index (κ1) is 23.2. The predicted octanol–water partition coefficient (Wildman–Crippen LogP) is 3.07. The van der Waals surface area contributed by atoms with Crippen molar-refractivity contribution in [2.24, 2.45) is 0 Å². The third kappa shape index (κ3) is 5.68. The molecule has 1 fully saturated rings. The third-order valence-electron chi connectivity index (χ3n) is 5.85. The fraction of sp³-hybridized carbons (Fsp3) is 0.292. The van der Waals surface area contributed by atoms with Crippen LogP contribution in [0.4, 0.5) is 10.1 Å². The van der Waals surface area contributed by atoms with Crippen LogP contribution in [0, 0.1) is 5.82 Å². The number of nitrogens with zero attached hydrogens (tertiary/aromatic N) is 3. The number of sulfonamides is 1. The van der Waals surface area contributed by atoms with Gasteiger partial charge in [-0.05, 0) is 60.2 Å². The van der Waals surface area contributed by atoms with Crippen LogP contribution in [-0.2, 0) is 10.0 Å². The van der Waals surface area contributed by atoms with E-state index in [-0.39, 0.29) is 23.3 Å². The fourth-order valence-electron chi connectivity index (χ4n) is 4.00. The van der Waals surface area contributed by atoms with Gasteiger partial charge in [0.15, 0.2) is 0 Å². The lowest BCUT2D eigenvalue weighted by molar-refractivity contribution is 0.186. The van der Waals surface area contributed by atoms with Crippen molar-refractivity contribution in [2.45, 2.75) is 10.9 Å². The smallest absolute Gasteiger partial charge is 0.240 e. The van der Waals surface area contributed by atoms with Crippen molar-refractivity contribution in [1.82, 2.24) is 14.6 Å². The van der Waals surface area contributed by atoms with Crippen LogP contribution in [0.1, 0.15) is 11.6 Å². The summed E-state index contributed by atoms with van der Waals surface area (Å²) in [5, 5.41) is 0. The lowest BCUT2D eigenvalue weighted by Crippen LogP contribution is -2.50. The van der Waals surface area contributed by atoms with Crippen LogP contribution in [-0.4, -0.2) is 58.1 Å². The summed E-state index contributed by atoms with van der Waals surface area (Å²) in [6.45, 7) is 3.21. The molecular weight excluding hydrogens is 443 g/mol. The van der Waals surface area contributed by atoms with Crippen molar-refractivity contribution in [2.75, 3.05) is 44.7 Å². The summed E-state index contributed by atoms with van der Waals surface area (Å²) >= 11 is 0. The molecule has 2 heterocycles. The highest BCUT2D eigenvalue weighted by Crippen LogP contribution is 2.24. The Kier molecular flexibility index (Phi) is 7.22. The van der Waals surface area contributed by atoms with Crippen LogP contribution in [0.25, 0.3) is 0 Å². The lowest BCUT2D eigenvalue weighted by atomic mass is 10.1. The summed E-state index contributed by atoms with van der Waals surface area (Å²) < 4.78 is 46.9. The number of rotatable bonds is 8. The van der Waals surface area contributed by atoms with Gasteiger partial charge in [-0.2, -0.15) is 0 Å². The molecule has 1 aliphatic heterocycles. The van der Waals surface area contributed by atoms with Crippen molar-refractivity contribution in [3.63, 3.8) is 0 Å². The first-order valence-corrected chi connectivity index (χ1v) is 12.2. The van der Waals surface area contributed by atoms with Crippen LogP contribution in [0.3, 0.4) is 0 Å². The van der Waals surface area contributed by atoms with E-state index in [2.05, 4.69) is 19.5 Å². The van der Waals surface area contributed by atoms with Crippen molar-refractivity contribution < 1.29 is 17.5 Å². The highest BCUT2D eigenvalue weighted by atomic mass is 32.2. The van der Waals surface area contributed by atoms with Gasteiger partial charge in [-0.1, -0.05) is 6.07 Å². The van der Waals surface area contributed by atoms with Crippen LogP contribution in [0.5, 0.6) is 5.75 Å². The fourth-order valence-corrected chi connectivity index (χ4v) is 5.04. The van der Waals surface area contributed by atoms with Crippen LogP contribution in [0.15, 0.2) is 78.0 Å². The molecule has 0 spiro atoms. The molecule has 2 aromatic carbocycles. The lowest BCUT2D eigenvalue weighted by Gasteiger charge is -2.40. The Bertz CT molecular complexity index is 1130. The van der Waals surface area contributed by atoms with Gasteiger partial charge in [0.05, 0.1) is 18.0 Å². The van der Waals surface area contributed by atoms with Gasteiger partial charge >= 0.3 is 0 Å². The number of benzene rings is 2. The van der Waals surface area contributed by atoms with E-state index in [1.54, 1.807) is 36.7 Å². The largest absolute Gasteiger partial charge is 0.497 e. The zero-order valence-corrected chi connectivity index (χ0v) is 19.2. The summed E-state index contributed by atoms with van der Waals surface area (Å²) in [6, 6.07) is 16.5. The van der Waals surface area contributed by atoms with E-state index in [9.17, 15) is 12.8 Å². The molecule has 1 aliphatic rings. The van der Waals surface area contributed by atoms with Crippen LogP contribution < -0.4 is 14.4 Å². The predicted molar refractivity (Wildman–Crippen MR) is 125 cm³/mol. The Morgan fingerprint density at radius 1 is 1.03 bits per heavy atom. The Morgan fingerprint density at radius 3 is 2.33 bits per heavy atom. The zero-order valence-electron chi connectivity index (χ0n) is 18.4. The average molecular weight is 471 g/mol. The van der Waals surface area contributed by atoms with E-state index in [1.165, 1.54) is 31.4 Å². The van der Waals surface area contributed by atoms with Gasteiger partial charge in [-0.3, -0.25) is 9.88 Å². The van der Waals surface area contributed by atoms with E-state index >= 15 is 0 Å². The van der Waals surface area contributed by atoms with Gasteiger partial charge in [-0.15, -0.1) is 0 Å². The molecule has 1 N–H and O–H groups in total. The molecule has 1 saturated heterocycles. The highest BCUT2D eigenvalue weighted by Gasteiger charge is 2.27. The van der Waals surface area contributed by atoms with Crippen molar-refractivity contribution in [1.29, 1.82) is 0 Å². The monoisotopic (exact) mass is 470 g/mol. The molecule has 0 amide bonds. The first-order valence-electron chi connectivity index (χ1n) is 10.7. The molecule has 0 unspecified atom stereocenters. The van der Waals surface area contributed by atoms with E-state index < -0.39 is 10.0 Å². The molecular formula is C24H27FN4O3S. The molecule has 1 atom stereocenters. The second-order valence-corrected chi connectivity index (χ2v) is 9.60. The van der Waals surface area contributed by atoms with Gasteiger partial charge in [0.25, 0.3) is 0 Å². The summed E-state index contributed by atoms with van der Waals surface area (Å²) in [7, 11) is -2.15. The second-order valence-electron chi connectivity index (χ2n) is 7.83. The van der Waals surface area contributed by atoms with Gasteiger partial charge in [0.2, 0.25) is 10.0 Å². The van der Waals surface area contributed by atoms with Crippen molar-refractivity contribution in [3.8, 4) is 5.75 Å². The summed E-state index contributed by atoms with van der Waals surface area (Å²) in [4.78, 5) is 8.88. The number of ether oxygens (including phenoxy) is 1. The van der Waals surface area contributed by atoms with Gasteiger partial charge < -0.3 is 9.64 Å². The number of hydrogen-bond donors (Lipinski definition) is 1. The molecule has 7 nitrogen and oxygen atoms in total. The number of anilines is 1. The molecule has 0 aliphatic carbocycles. The number of piperazine rings is 1. The normalized spacial score (nSPS) is 15.9. The summed E-state index contributed by atoms with van der Waals surface area (Å²) in [5.74, 6) is 0.347. The van der Waals surface area contributed by atoms with Crippen LogP contribution in [0.2, 0.25) is 0 Å². The maximum atomic E-state index is 13.3. The Hall–Kier alpha value is -3.01. The maximum absolute atomic E-state index is 13.3. The van der Waals surface area contributed by atoms with E-state index in [0.29, 0.717) is 5.75 Å². The summed E-state index contributed by atoms with van der Waals surface area (Å²) in [5.41, 5.74) is 1.93. The first-order chi connectivity index (χ1) is 16.0. The highest BCUT2D eigenvalue weighted by molar-refractivity contribution is 7.89.